The second-order valence-electron chi connectivity index (χ2n) is 6.94. The van der Waals surface area contributed by atoms with Gasteiger partial charge in [0.1, 0.15) is 5.82 Å². The number of benzene rings is 1. The van der Waals surface area contributed by atoms with Gasteiger partial charge in [0.2, 0.25) is 0 Å². The third-order valence-corrected chi connectivity index (χ3v) is 4.15. The SMILES string of the molecule is Cc1cc(C)cc(-n2nnc(C(=O)Nc3cc(C)nn3C(C)C)c2C)c1. The number of aryl methyl sites for hydroxylation is 3. The van der Waals surface area contributed by atoms with Gasteiger partial charge in [-0.05, 0) is 64.8 Å². The molecule has 7 heteroatoms. The van der Waals surface area contributed by atoms with E-state index >= 15 is 0 Å². The fourth-order valence-electron chi connectivity index (χ4n) is 3.04. The molecule has 2 aromatic heterocycles. The van der Waals surface area contributed by atoms with Gasteiger partial charge in [-0.3, -0.25) is 4.79 Å². The molecular formula is C19H24N6O. The minimum absolute atomic E-state index is 0.144. The van der Waals surface area contributed by atoms with Crippen LogP contribution in [-0.2, 0) is 0 Å². The normalized spacial score (nSPS) is 11.2. The smallest absolute Gasteiger partial charge is 0.279 e. The van der Waals surface area contributed by atoms with Crippen molar-refractivity contribution in [3.05, 3.63) is 52.5 Å². The third-order valence-electron chi connectivity index (χ3n) is 4.15. The highest BCUT2D eigenvalue weighted by Gasteiger charge is 2.20. The fourth-order valence-corrected chi connectivity index (χ4v) is 3.04. The molecule has 0 spiro atoms. The van der Waals surface area contributed by atoms with Crippen LogP contribution in [0.1, 0.15) is 52.9 Å². The lowest BCUT2D eigenvalue weighted by molar-refractivity contribution is 0.102. The van der Waals surface area contributed by atoms with Crippen LogP contribution in [0.4, 0.5) is 5.82 Å². The number of aromatic nitrogens is 5. The second kappa shape index (κ2) is 6.74. The molecule has 0 bridgehead atoms. The number of carbonyl (C=O) groups is 1. The van der Waals surface area contributed by atoms with Gasteiger partial charge in [-0.15, -0.1) is 5.10 Å². The first-order valence-corrected chi connectivity index (χ1v) is 8.64. The zero-order valence-corrected chi connectivity index (χ0v) is 16.0. The Kier molecular flexibility index (Phi) is 4.63. The minimum atomic E-state index is -0.292. The topological polar surface area (TPSA) is 77.6 Å². The van der Waals surface area contributed by atoms with Crippen molar-refractivity contribution < 1.29 is 4.79 Å². The summed E-state index contributed by atoms with van der Waals surface area (Å²) in [6.07, 6.45) is 0. The summed E-state index contributed by atoms with van der Waals surface area (Å²) in [6.45, 7) is 11.8. The van der Waals surface area contributed by atoms with Crippen LogP contribution < -0.4 is 5.32 Å². The molecule has 3 rings (SSSR count). The van der Waals surface area contributed by atoms with Gasteiger partial charge in [-0.2, -0.15) is 5.10 Å². The molecule has 0 unspecified atom stereocenters. The first-order valence-electron chi connectivity index (χ1n) is 8.64. The zero-order chi connectivity index (χ0) is 19.0. The van der Waals surface area contributed by atoms with Crippen LogP contribution in [0, 0.1) is 27.7 Å². The first-order chi connectivity index (χ1) is 12.3. The molecule has 0 aliphatic rings. The van der Waals surface area contributed by atoms with Gasteiger partial charge in [0.25, 0.3) is 5.91 Å². The largest absolute Gasteiger partial charge is 0.305 e. The van der Waals surface area contributed by atoms with E-state index in [2.05, 4.69) is 26.8 Å². The van der Waals surface area contributed by atoms with E-state index in [4.69, 9.17) is 0 Å². The summed E-state index contributed by atoms with van der Waals surface area (Å²) in [6, 6.07) is 8.13. The number of amides is 1. The summed E-state index contributed by atoms with van der Waals surface area (Å²) >= 11 is 0. The Bertz CT molecular complexity index is 946. The highest BCUT2D eigenvalue weighted by Crippen LogP contribution is 2.19. The van der Waals surface area contributed by atoms with Gasteiger partial charge in [-0.25, -0.2) is 9.36 Å². The van der Waals surface area contributed by atoms with Crippen LogP contribution in [0.25, 0.3) is 5.69 Å². The molecule has 0 atom stereocenters. The highest BCUT2D eigenvalue weighted by molar-refractivity contribution is 6.03. The quantitative estimate of drug-likeness (QED) is 0.779. The molecule has 136 valence electrons. The van der Waals surface area contributed by atoms with Crippen molar-refractivity contribution in [3.8, 4) is 5.69 Å². The lowest BCUT2D eigenvalue weighted by Gasteiger charge is -2.11. The van der Waals surface area contributed by atoms with E-state index in [-0.39, 0.29) is 11.9 Å². The van der Waals surface area contributed by atoms with Crippen molar-refractivity contribution in [3.63, 3.8) is 0 Å². The van der Waals surface area contributed by atoms with E-state index in [1.807, 2.05) is 59.7 Å². The van der Waals surface area contributed by atoms with Crippen LogP contribution >= 0.6 is 0 Å². The number of rotatable bonds is 4. The lowest BCUT2D eigenvalue weighted by Crippen LogP contribution is -2.18. The van der Waals surface area contributed by atoms with Crippen LogP contribution in [0.3, 0.4) is 0 Å². The van der Waals surface area contributed by atoms with E-state index in [0.717, 1.165) is 22.5 Å². The van der Waals surface area contributed by atoms with Gasteiger partial charge >= 0.3 is 0 Å². The van der Waals surface area contributed by atoms with Gasteiger partial charge in [-0.1, -0.05) is 11.3 Å². The second-order valence-corrected chi connectivity index (χ2v) is 6.94. The molecule has 26 heavy (non-hydrogen) atoms. The summed E-state index contributed by atoms with van der Waals surface area (Å²) in [5, 5.41) is 15.6. The van der Waals surface area contributed by atoms with E-state index < -0.39 is 0 Å². The Morgan fingerprint density at radius 3 is 2.31 bits per heavy atom. The molecule has 0 fully saturated rings. The predicted octanol–water partition coefficient (Wildman–Crippen LogP) is 3.53. The summed E-state index contributed by atoms with van der Waals surface area (Å²) in [5.74, 6) is 0.364. The molecule has 0 radical (unpaired) electrons. The van der Waals surface area contributed by atoms with Crippen molar-refractivity contribution in [1.29, 1.82) is 0 Å². The molecule has 0 saturated carbocycles. The van der Waals surface area contributed by atoms with Gasteiger partial charge < -0.3 is 5.32 Å². The molecule has 0 aliphatic carbocycles. The maximum absolute atomic E-state index is 12.7. The Balaban J connectivity index is 1.91. The summed E-state index contributed by atoms with van der Waals surface area (Å²) < 4.78 is 3.48. The number of hydrogen-bond donors (Lipinski definition) is 1. The molecular weight excluding hydrogens is 328 g/mol. The molecule has 7 nitrogen and oxygen atoms in total. The molecule has 1 amide bonds. The molecule has 0 aliphatic heterocycles. The van der Waals surface area contributed by atoms with E-state index in [1.165, 1.54) is 0 Å². The van der Waals surface area contributed by atoms with Gasteiger partial charge in [0, 0.05) is 12.1 Å². The Morgan fingerprint density at radius 2 is 1.69 bits per heavy atom. The number of anilines is 1. The van der Waals surface area contributed by atoms with Crippen molar-refractivity contribution in [1.82, 2.24) is 24.8 Å². The van der Waals surface area contributed by atoms with E-state index in [9.17, 15) is 4.79 Å². The highest BCUT2D eigenvalue weighted by atomic mass is 16.2. The van der Waals surface area contributed by atoms with E-state index in [0.29, 0.717) is 17.2 Å². The molecule has 0 saturated heterocycles. The van der Waals surface area contributed by atoms with Crippen molar-refractivity contribution in [2.45, 2.75) is 47.6 Å². The molecule has 2 heterocycles. The third kappa shape index (κ3) is 3.37. The standard InChI is InChI=1S/C19H24N6O/c1-11(2)24-17(10-14(5)22-24)20-19(26)18-15(6)25(23-21-18)16-8-12(3)7-13(4)9-16/h7-11H,1-6H3,(H,20,26). The number of nitrogens with zero attached hydrogens (tertiary/aromatic N) is 5. The van der Waals surface area contributed by atoms with Crippen molar-refractivity contribution in [2.75, 3.05) is 5.32 Å². The first kappa shape index (κ1) is 17.8. The monoisotopic (exact) mass is 352 g/mol. The number of hydrogen-bond acceptors (Lipinski definition) is 4. The minimum Gasteiger partial charge on any atom is -0.305 e. The Morgan fingerprint density at radius 1 is 1.04 bits per heavy atom. The van der Waals surface area contributed by atoms with Gasteiger partial charge in [0.05, 0.1) is 17.1 Å². The molecule has 3 aromatic rings. The fraction of sp³-hybridized carbons (Fsp3) is 0.368. The predicted molar refractivity (Wildman–Crippen MR) is 101 cm³/mol. The number of carbonyl (C=O) groups excluding carboxylic acids is 1. The summed E-state index contributed by atoms with van der Waals surface area (Å²) in [4.78, 5) is 12.7. The summed E-state index contributed by atoms with van der Waals surface area (Å²) in [5.41, 5.74) is 5.02. The Hall–Kier alpha value is -2.96. The lowest BCUT2D eigenvalue weighted by atomic mass is 10.1. The molecule has 1 aromatic carbocycles. The van der Waals surface area contributed by atoms with E-state index in [1.54, 1.807) is 9.36 Å². The zero-order valence-electron chi connectivity index (χ0n) is 16.0. The van der Waals surface area contributed by atoms with Gasteiger partial charge in [0.15, 0.2) is 5.69 Å². The van der Waals surface area contributed by atoms with Crippen LogP contribution in [0.5, 0.6) is 0 Å². The maximum Gasteiger partial charge on any atom is 0.279 e. The maximum atomic E-state index is 12.7. The average molecular weight is 352 g/mol. The summed E-state index contributed by atoms with van der Waals surface area (Å²) in [7, 11) is 0. The van der Waals surface area contributed by atoms with Crippen LogP contribution in [0.15, 0.2) is 24.3 Å². The van der Waals surface area contributed by atoms with Crippen molar-refractivity contribution in [2.24, 2.45) is 0 Å². The average Bonchev–Trinajstić information content (AvgIpc) is 3.09. The van der Waals surface area contributed by atoms with Crippen molar-refractivity contribution >= 4 is 11.7 Å². The Labute approximate surface area is 153 Å². The molecule has 1 N–H and O–H groups in total. The van der Waals surface area contributed by atoms with Crippen LogP contribution in [-0.4, -0.2) is 30.7 Å². The number of nitrogens with one attached hydrogen (secondary N) is 1. The van der Waals surface area contributed by atoms with Crippen LogP contribution in [0.2, 0.25) is 0 Å².